The number of hydrogen-bond donors (Lipinski definition) is 0. The normalized spacial score (nSPS) is 13.0. The van der Waals surface area contributed by atoms with Gasteiger partial charge in [-0.1, -0.05) is 15.9 Å². The molecular formula is C15H15BrN2O3. The molecule has 2 heterocycles. The van der Waals surface area contributed by atoms with E-state index in [4.69, 9.17) is 4.74 Å². The Balaban J connectivity index is 2.10. The van der Waals surface area contributed by atoms with Gasteiger partial charge in [0.25, 0.3) is 5.56 Å². The van der Waals surface area contributed by atoms with Gasteiger partial charge in [-0.15, -0.1) is 0 Å². The summed E-state index contributed by atoms with van der Waals surface area (Å²) in [6.07, 6.45) is 2.38. The maximum Gasteiger partial charge on any atom is 0.331 e. The molecule has 6 heteroatoms. The molecule has 1 aromatic carbocycles. The van der Waals surface area contributed by atoms with Crippen molar-refractivity contribution in [3.8, 4) is 5.75 Å². The number of nitrogens with zero attached hydrogens (tertiary/aromatic N) is 2. The number of hydrogen-bond acceptors (Lipinski definition) is 3. The fourth-order valence-corrected chi connectivity index (χ4v) is 3.13. The average Bonchev–Trinajstić information content (AvgIpc) is 2.91. The van der Waals surface area contributed by atoms with Crippen molar-refractivity contribution in [2.45, 2.75) is 26.4 Å². The molecule has 0 N–H and O–H groups in total. The van der Waals surface area contributed by atoms with Crippen molar-refractivity contribution in [3.63, 3.8) is 0 Å². The Morgan fingerprint density at radius 1 is 1.33 bits per heavy atom. The zero-order valence-corrected chi connectivity index (χ0v) is 13.2. The number of halogens is 1. The van der Waals surface area contributed by atoms with Gasteiger partial charge in [-0.2, -0.15) is 0 Å². The van der Waals surface area contributed by atoms with E-state index in [1.54, 1.807) is 0 Å². The van der Waals surface area contributed by atoms with Crippen LogP contribution in [0.25, 0.3) is 0 Å². The summed E-state index contributed by atoms with van der Waals surface area (Å²) in [4.78, 5) is 24.3. The summed E-state index contributed by atoms with van der Waals surface area (Å²) >= 11 is 3.47. The molecule has 0 atom stereocenters. The van der Waals surface area contributed by atoms with Crippen molar-refractivity contribution < 1.29 is 4.74 Å². The smallest absolute Gasteiger partial charge is 0.331 e. The largest absolute Gasteiger partial charge is 0.493 e. The molecule has 5 nitrogen and oxygen atoms in total. The van der Waals surface area contributed by atoms with Crippen LogP contribution in [-0.4, -0.2) is 15.7 Å². The Morgan fingerprint density at radius 2 is 2.14 bits per heavy atom. The van der Waals surface area contributed by atoms with Crippen LogP contribution in [0.1, 0.15) is 18.1 Å². The summed E-state index contributed by atoms with van der Waals surface area (Å²) in [5.74, 6) is 0.802. The molecule has 1 aromatic heterocycles. The Labute approximate surface area is 129 Å². The SMILES string of the molecule is CCn1ccc(=O)n(Cc2cc(Br)cc3c2OCC3)c1=O. The molecule has 1 aliphatic rings. The van der Waals surface area contributed by atoms with Crippen molar-refractivity contribution in [1.29, 1.82) is 0 Å². The molecular weight excluding hydrogens is 336 g/mol. The lowest BCUT2D eigenvalue weighted by Crippen LogP contribution is -2.39. The highest BCUT2D eigenvalue weighted by atomic mass is 79.9. The molecule has 0 bridgehead atoms. The standard InChI is InChI=1S/C15H15BrN2O3/c1-2-17-5-3-13(19)18(15(17)20)9-11-8-12(16)7-10-4-6-21-14(10)11/h3,5,7-8H,2,4,6,9H2,1H3. The number of aromatic nitrogens is 2. The Morgan fingerprint density at radius 3 is 2.90 bits per heavy atom. The van der Waals surface area contributed by atoms with Gasteiger partial charge in [-0.05, 0) is 24.6 Å². The van der Waals surface area contributed by atoms with Crippen molar-refractivity contribution in [3.05, 3.63) is 60.8 Å². The molecule has 0 amide bonds. The van der Waals surface area contributed by atoms with Gasteiger partial charge in [0.1, 0.15) is 5.75 Å². The second kappa shape index (κ2) is 5.52. The quantitative estimate of drug-likeness (QED) is 0.847. The number of fused-ring (bicyclic) bond motifs is 1. The lowest BCUT2D eigenvalue weighted by Gasteiger charge is -2.12. The number of ether oxygens (including phenoxy) is 1. The number of aryl methyl sites for hydroxylation is 1. The molecule has 0 fully saturated rings. The fraction of sp³-hybridized carbons (Fsp3) is 0.333. The van der Waals surface area contributed by atoms with E-state index in [0.29, 0.717) is 13.2 Å². The van der Waals surface area contributed by atoms with E-state index in [1.807, 2.05) is 19.1 Å². The third kappa shape index (κ3) is 2.55. The minimum absolute atomic E-state index is 0.222. The van der Waals surface area contributed by atoms with Gasteiger partial charge in [0.05, 0.1) is 13.2 Å². The second-order valence-corrected chi connectivity index (χ2v) is 5.88. The second-order valence-electron chi connectivity index (χ2n) is 4.96. The van der Waals surface area contributed by atoms with Crippen LogP contribution in [0.2, 0.25) is 0 Å². The minimum atomic E-state index is -0.295. The first-order chi connectivity index (χ1) is 10.1. The zero-order chi connectivity index (χ0) is 15.0. The lowest BCUT2D eigenvalue weighted by molar-refractivity contribution is 0.352. The molecule has 0 spiro atoms. The summed E-state index contributed by atoms with van der Waals surface area (Å²) in [5.41, 5.74) is 1.37. The van der Waals surface area contributed by atoms with Crippen LogP contribution in [0.5, 0.6) is 5.75 Å². The molecule has 0 aliphatic carbocycles. The fourth-order valence-electron chi connectivity index (χ4n) is 2.58. The van der Waals surface area contributed by atoms with E-state index in [1.165, 1.54) is 21.4 Å². The third-order valence-electron chi connectivity index (χ3n) is 3.63. The molecule has 0 saturated heterocycles. The zero-order valence-electron chi connectivity index (χ0n) is 11.6. The molecule has 2 aromatic rings. The van der Waals surface area contributed by atoms with E-state index in [2.05, 4.69) is 15.9 Å². The van der Waals surface area contributed by atoms with Gasteiger partial charge >= 0.3 is 5.69 Å². The summed E-state index contributed by atoms with van der Waals surface area (Å²) < 4.78 is 9.34. The van der Waals surface area contributed by atoms with Gasteiger partial charge in [0, 0.05) is 35.3 Å². The Bertz CT molecular complexity index is 808. The highest BCUT2D eigenvalue weighted by Crippen LogP contribution is 2.33. The maximum atomic E-state index is 12.3. The van der Waals surface area contributed by atoms with Crippen LogP contribution in [0.15, 0.2) is 38.5 Å². The van der Waals surface area contributed by atoms with Crippen molar-refractivity contribution in [1.82, 2.24) is 9.13 Å². The van der Waals surface area contributed by atoms with Crippen LogP contribution in [0, 0.1) is 0 Å². The number of benzene rings is 1. The van der Waals surface area contributed by atoms with Gasteiger partial charge in [-0.25, -0.2) is 4.79 Å². The van der Waals surface area contributed by atoms with E-state index < -0.39 is 0 Å². The first kappa shape index (κ1) is 14.1. The maximum absolute atomic E-state index is 12.3. The Kier molecular flexibility index (Phi) is 3.71. The molecule has 0 saturated carbocycles. The summed E-state index contributed by atoms with van der Waals surface area (Å²) in [7, 11) is 0. The summed E-state index contributed by atoms with van der Waals surface area (Å²) in [6.45, 7) is 3.27. The van der Waals surface area contributed by atoms with E-state index in [-0.39, 0.29) is 17.8 Å². The van der Waals surface area contributed by atoms with E-state index in [0.717, 1.165) is 27.8 Å². The first-order valence-electron chi connectivity index (χ1n) is 6.84. The highest BCUT2D eigenvalue weighted by molar-refractivity contribution is 9.10. The van der Waals surface area contributed by atoms with Crippen LogP contribution in [0.3, 0.4) is 0 Å². The topological polar surface area (TPSA) is 53.2 Å². The lowest BCUT2D eigenvalue weighted by atomic mass is 10.1. The van der Waals surface area contributed by atoms with Crippen molar-refractivity contribution in [2.75, 3.05) is 6.61 Å². The number of rotatable bonds is 3. The van der Waals surface area contributed by atoms with E-state index >= 15 is 0 Å². The minimum Gasteiger partial charge on any atom is -0.493 e. The van der Waals surface area contributed by atoms with Gasteiger partial charge < -0.3 is 9.30 Å². The molecule has 3 rings (SSSR count). The monoisotopic (exact) mass is 350 g/mol. The predicted octanol–water partition coefficient (Wildman–Crippen LogP) is 1.78. The Hall–Kier alpha value is -1.82. The third-order valence-corrected chi connectivity index (χ3v) is 4.09. The predicted molar refractivity (Wildman–Crippen MR) is 83.1 cm³/mol. The molecule has 0 radical (unpaired) electrons. The molecule has 1 aliphatic heterocycles. The van der Waals surface area contributed by atoms with Gasteiger partial charge in [0.2, 0.25) is 0 Å². The van der Waals surface area contributed by atoms with Crippen LogP contribution < -0.4 is 16.0 Å². The van der Waals surface area contributed by atoms with E-state index in [9.17, 15) is 9.59 Å². The van der Waals surface area contributed by atoms with Crippen LogP contribution in [-0.2, 0) is 19.5 Å². The van der Waals surface area contributed by atoms with Gasteiger partial charge in [0.15, 0.2) is 0 Å². The molecule has 21 heavy (non-hydrogen) atoms. The average molecular weight is 351 g/mol. The highest BCUT2D eigenvalue weighted by Gasteiger charge is 2.18. The van der Waals surface area contributed by atoms with Crippen LogP contribution >= 0.6 is 15.9 Å². The molecule has 0 unspecified atom stereocenters. The molecule has 110 valence electrons. The van der Waals surface area contributed by atoms with Crippen molar-refractivity contribution in [2.24, 2.45) is 0 Å². The summed E-state index contributed by atoms with van der Waals surface area (Å²) in [6, 6.07) is 5.34. The first-order valence-corrected chi connectivity index (χ1v) is 7.64. The van der Waals surface area contributed by atoms with Gasteiger partial charge in [-0.3, -0.25) is 9.36 Å². The van der Waals surface area contributed by atoms with Crippen molar-refractivity contribution >= 4 is 15.9 Å². The van der Waals surface area contributed by atoms with Crippen LogP contribution in [0.4, 0.5) is 0 Å². The summed E-state index contributed by atoms with van der Waals surface area (Å²) in [5, 5.41) is 0.